The maximum Gasteiger partial charge on any atom is 0.253 e. The van der Waals surface area contributed by atoms with E-state index >= 15 is 0 Å². The molecule has 100 valence electrons. The van der Waals surface area contributed by atoms with Gasteiger partial charge in [-0.25, -0.2) is 0 Å². The van der Waals surface area contributed by atoms with Crippen LogP contribution in [-0.4, -0.2) is 29.7 Å². The van der Waals surface area contributed by atoms with Gasteiger partial charge in [-0.2, -0.15) is 0 Å². The Labute approximate surface area is 108 Å². The van der Waals surface area contributed by atoms with Crippen LogP contribution >= 0.6 is 0 Å². The lowest BCUT2D eigenvalue weighted by molar-refractivity contribution is 0.0518. The summed E-state index contributed by atoms with van der Waals surface area (Å²) in [5.74, 6) is -0.166. The molecule has 0 spiro atoms. The van der Waals surface area contributed by atoms with Crippen molar-refractivity contribution in [3.05, 3.63) is 29.8 Å². The summed E-state index contributed by atoms with van der Waals surface area (Å²) in [5.41, 5.74) is 0.558. The lowest BCUT2D eigenvalue weighted by atomic mass is 10.0. The minimum absolute atomic E-state index is 0.166. The van der Waals surface area contributed by atoms with Crippen molar-refractivity contribution in [1.29, 1.82) is 0 Å². The number of hydrogen-bond acceptors (Lipinski definition) is 3. The van der Waals surface area contributed by atoms with Crippen LogP contribution in [0.1, 0.15) is 37.6 Å². The summed E-state index contributed by atoms with van der Waals surface area (Å²) in [7, 11) is 0. The second kappa shape index (κ2) is 6.40. The molecule has 0 bridgehead atoms. The molecule has 1 rings (SSSR count). The monoisotopic (exact) mass is 250 g/mol. The number of nitrogens with one attached hydrogen (secondary N) is 2. The zero-order chi connectivity index (χ0) is 13.6. The Hall–Kier alpha value is -1.55. The van der Waals surface area contributed by atoms with E-state index in [1.165, 1.54) is 0 Å². The second-order valence-electron chi connectivity index (χ2n) is 4.61. The molecule has 0 aliphatic rings. The van der Waals surface area contributed by atoms with E-state index in [9.17, 15) is 9.90 Å². The highest BCUT2D eigenvalue weighted by atomic mass is 16.3. The minimum Gasteiger partial charge on any atom is -0.388 e. The molecule has 0 saturated carbocycles. The van der Waals surface area contributed by atoms with Crippen LogP contribution in [0.25, 0.3) is 0 Å². The molecule has 1 atom stereocenters. The molecule has 3 N–H and O–H groups in total. The summed E-state index contributed by atoms with van der Waals surface area (Å²) < 4.78 is 0. The topological polar surface area (TPSA) is 61.4 Å². The van der Waals surface area contributed by atoms with Gasteiger partial charge in [-0.05, 0) is 32.4 Å². The number of carbonyl (C=O) groups excluding carboxylic acids is 1. The molecule has 0 heterocycles. The quantitative estimate of drug-likeness (QED) is 0.723. The van der Waals surface area contributed by atoms with Gasteiger partial charge in [0.1, 0.15) is 0 Å². The Morgan fingerprint density at radius 3 is 2.61 bits per heavy atom. The third-order valence-corrected chi connectivity index (χ3v) is 2.93. The van der Waals surface area contributed by atoms with E-state index in [4.69, 9.17) is 0 Å². The number of carbonyl (C=O) groups is 1. The summed E-state index contributed by atoms with van der Waals surface area (Å²) >= 11 is 0. The van der Waals surface area contributed by atoms with Crippen LogP contribution < -0.4 is 10.6 Å². The van der Waals surface area contributed by atoms with Crippen LogP contribution in [-0.2, 0) is 0 Å². The minimum atomic E-state index is -0.858. The Balaban J connectivity index is 2.72. The first-order valence-corrected chi connectivity index (χ1v) is 6.33. The van der Waals surface area contributed by atoms with Crippen LogP contribution in [0.2, 0.25) is 0 Å². The van der Waals surface area contributed by atoms with Gasteiger partial charge in [-0.15, -0.1) is 0 Å². The highest BCUT2D eigenvalue weighted by molar-refractivity contribution is 5.99. The van der Waals surface area contributed by atoms with Crippen molar-refractivity contribution in [2.45, 2.75) is 32.8 Å². The molecule has 1 unspecified atom stereocenters. The van der Waals surface area contributed by atoms with E-state index in [-0.39, 0.29) is 12.5 Å². The normalized spacial score (nSPS) is 13.8. The van der Waals surface area contributed by atoms with Crippen LogP contribution in [0.15, 0.2) is 24.3 Å². The zero-order valence-corrected chi connectivity index (χ0v) is 11.3. The first-order chi connectivity index (χ1) is 8.50. The zero-order valence-electron chi connectivity index (χ0n) is 11.3. The molecule has 0 radical (unpaired) electrons. The third kappa shape index (κ3) is 4.04. The van der Waals surface area contributed by atoms with E-state index in [1.807, 2.05) is 32.0 Å². The number of aliphatic hydroxyl groups is 1. The molecule has 4 heteroatoms. The van der Waals surface area contributed by atoms with Gasteiger partial charge in [0.05, 0.1) is 11.2 Å². The summed E-state index contributed by atoms with van der Waals surface area (Å²) in [5, 5.41) is 15.8. The maximum atomic E-state index is 12.0. The lowest BCUT2D eigenvalue weighted by Gasteiger charge is -2.22. The van der Waals surface area contributed by atoms with Gasteiger partial charge in [0.25, 0.3) is 5.91 Å². The van der Waals surface area contributed by atoms with Gasteiger partial charge in [0.15, 0.2) is 0 Å². The highest BCUT2D eigenvalue weighted by Gasteiger charge is 2.19. The molecule has 0 aliphatic carbocycles. The average Bonchev–Trinajstić information content (AvgIpc) is 2.37. The van der Waals surface area contributed by atoms with Crippen molar-refractivity contribution in [1.82, 2.24) is 5.32 Å². The number of para-hydroxylation sites is 1. The lowest BCUT2D eigenvalue weighted by Crippen LogP contribution is -2.40. The van der Waals surface area contributed by atoms with Gasteiger partial charge in [-0.1, -0.05) is 19.1 Å². The fourth-order valence-electron chi connectivity index (χ4n) is 1.52. The molecular formula is C14H22N2O2. The maximum absolute atomic E-state index is 12.0. The van der Waals surface area contributed by atoms with Crippen molar-refractivity contribution in [3.8, 4) is 0 Å². The number of rotatable bonds is 6. The second-order valence-corrected chi connectivity index (χ2v) is 4.61. The Morgan fingerprint density at radius 1 is 1.33 bits per heavy atom. The smallest absolute Gasteiger partial charge is 0.253 e. The van der Waals surface area contributed by atoms with E-state index in [1.54, 1.807) is 13.0 Å². The Kier molecular flexibility index (Phi) is 5.16. The van der Waals surface area contributed by atoms with Crippen LogP contribution in [0.3, 0.4) is 0 Å². The van der Waals surface area contributed by atoms with Crippen LogP contribution in [0.4, 0.5) is 5.69 Å². The van der Waals surface area contributed by atoms with Crippen molar-refractivity contribution in [2.24, 2.45) is 0 Å². The molecule has 0 saturated heterocycles. The highest BCUT2D eigenvalue weighted by Crippen LogP contribution is 2.15. The molecular weight excluding hydrogens is 228 g/mol. The molecule has 18 heavy (non-hydrogen) atoms. The van der Waals surface area contributed by atoms with E-state index in [2.05, 4.69) is 10.6 Å². The predicted molar refractivity (Wildman–Crippen MR) is 73.9 cm³/mol. The molecule has 1 amide bonds. The van der Waals surface area contributed by atoms with E-state index < -0.39 is 5.60 Å². The Bertz CT molecular complexity index is 403. The molecule has 0 aliphatic heterocycles. The summed E-state index contributed by atoms with van der Waals surface area (Å²) in [4.78, 5) is 12.0. The van der Waals surface area contributed by atoms with Crippen LogP contribution in [0, 0.1) is 0 Å². The molecule has 0 fully saturated rings. The number of benzene rings is 1. The molecule has 1 aromatic carbocycles. The van der Waals surface area contributed by atoms with Crippen molar-refractivity contribution >= 4 is 11.6 Å². The van der Waals surface area contributed by atoms with Gasteiger partial charge in [0, 0.05) is 18.8 Å². The average molecular weight is 250 g/mol. The summed E-state index contributed by atoms with van der Waals surface area (Å²) in [6, 6.07) is 7.36. The van der Waals surface area contributed by atoms with Gasteiger partial charge >= 0.3 is 0 Å². The molecule has 1 aromatic rings. The van der Waals surface area contributed by atoms with Crippen LogP contribution in [0.5, 0.6) is 0 Å². The molecule has 0 aromatic heterocycles. The van der Waals surface area contributed by atoms with E-state index in [0.29, 0.717) is 12.0 Å². The number of amides is 1. The first kappa shape index (κ1) is 14.5. The van der Waals surface area contributed by atoms with Crippen molar-refractivity contribution in [3.63, 3.8) is 0 Å². The predicted octanol–water partition coefficient (Wildman–Crippen LogP) is 2.01. The van der Waals surface area contributed by atoms with Crippen molar-refractivity contribution in [2.75, 3.05) is 18.4 Å². The fourth-order valence-corrected chi connectivity index (χ4v) is 1.52. The Morgan fingerprint density at radius 2 is 2.00 bits per heavy atom. The van der Waals surface area contributed by atoms with Gasteiger partial charge in [0.2, 0.25) is 0 Å². The largest absolute Gasteiger partial charge is 0.388 e. The third-order valence-electron chi connectivity index (χ3n) is 2.93. The summed E-state index contributed by atoms with van der Waals surface area (Å²) in [6.45, 7) is 6.60. The number of anilines is 1. The number of hydrogen-bond donors (Lipinski definition) is 3. The standard InChI is InChI=1S/C14H22N2O2/c1-4-14(3,18)10-16-13(17)11-8-6-7-9-12(11)15-5-2/h6-9,15,18H,4-5,10H2,1-3H3,(H,16,17). The van der Waals surface area contributed by atoms with Gasteiger partial charge in [-0.3, -0.25) is 4.79 Å². The first-order valence-electron chi connectivity index (χ1n) is 6.33. The molecule has 4 nitrogen and oxygen atoms in total. The fraction of sp³-hybridized carbons (Fsp3) is 0.500. The van der Waals surface area contributed by atoms with Crippen molar-refractivity contribution < 1.29 is 9.90 Å². The summed E-state index contributed by atoms with van der Waals surface area (Å²) in [6.07, 6.45) is 0.599. The van der Waals surface area contributed by atoms with Gasteiger partial charge < -0.3 is 15.7 Å². The van der Waals surface area contributed by atoms with E-state index in [0.717, 1.165) is 12.2 Å². The SMILES string of the molecule is CCNc1ccccc1C(=O)NCC(C)(O)CC.